The average Bonchev–Trinajstić information content (AvgIpc) is 3.01. The first-order valence-corrected chi connectivity index (χ1v) is 10.1. The lowest BCUT2D eigenvalue weighted by Crippen LogP contribution is -2.34. The van der Waals surface area contributed by atoms with Crippen LogP contribution in [0.3, 0.4) is 0 Å². The highest BCUT2D eigenvalue weighted by Gasteiger charge is 2.36. The number of nitrogens with zero attached hydrogens (tertiary/aromatic N) is 2. The standard InChI is InChI=1S/C23H29N3O3/c1-4-25(5-2)22(27)17-10-8-11-18(16-17)24-21-19-12-6-7-13-20(19)23(28)26(21)14-9-15-29-3/h6-8,10-13,16,21,24H,4-5,9,14-15H2,1-3H3/t21-/m1/s1. The molecule has 0 bridgehead atoms. The van der Waals surface area contributed by atoms with Crippen LogP contribution < -0.4 is 5.32 Å². The van der Waals surface area contributed by atoms with Gasteiger partial charge in [0.25, 0.3) is 11.8 Å². The molecule has 3 rings (SSSR count). The molecule has 0 radical (unpaired) electrons. The fourth-order valence-corrected chi connectivity index (χ4v) is 3.73. The lowest BCUT2D eigenvalue weighted by Gasteiger charge is -2.27. The van der Waals surface area contributed by atoms with E-state index < -0.39 is 0 Å². The summed E-state index contributed by atoms with van der Waals surface area (Å²) in [6.07, 6.45) is 0.490. The third-order valence-electron chi connectivity index (χ3n) is 5.27. The molecule has 6 heteroatoms. The largest absolute Gasteiger partial charge is 0.385 e. The predicted octanol–water partition coefficient (Wildman–Crippen LogP) is 3.77. The smallest absolute Gasteiger partial charge is 0.256 e. The van der Waals surface area contributed by atoms with Crippen molar-refractivity contribution in [3.05, 3.63) is 65.2 Å². The van der Waals surface area contributed by atoms with E-state index in [0.717, 1.165) is 23.2 Å². The van der Waals surface area contributed by atoms with Crippen molar-refractivity contribution in [2.75, 3.05) is 38.7 Å². The highest BCUT2D eigenvalue weighted by molar-refractivity contribution is 5.99. The van der Waals surface area contributed by atoms with Gasteiger partial charge in [-0.1, -0.05) is 24.3 Å². The fraction of sp³-hybridized carbons (Fsp3) is 0.391. The van der Waals surface area contributed by atoms with Crippen LogP contribution in [0.4, 0.5) is 5.69 Å². The van der Waals surface area contributed by atoms with Crippen LogP contribution in [0.2, 0.25) is 0 Å². The Bertz CT molecular complexity index is 864. The number of ether oxygens (including phenoxy) is 1. The van der Waals surface area contributed by atoms with E-state index in [2.05, 4.69) is 5.32 Å². The van der Waals surface area contributed by atoms with Crippen molar-refractivity contribution in [3.63, 3.8) is 0 Å². The third kappa shape index (κ3) is 4.43. The van der Waals surface area contributed by atoms with Crippen molar-refractivity contribution in [1.82, 2.24) is 9.80 Å². The van der Waals surface area contributed by atoms with Gasteiger partial charge in [0.05, 0.1) is 0 Å². The van der Waals surface area contributed by atoms with Crippen LogP contribution in [0.25, 0.3) is 0 Å². The normalized spacial score (nSPS) is 15.3. The molecule has 0 saturated carbocycles. The van der Waals surface area contributed by atoms with E-state index in [-0.39, 0.29) is 18.0 Å². The van der Waals surface area contributed by atoms with Crippen molar-refractivity contribution in [3.8, 4) is 0 Å². The number of amides is 2. The second kappa shape index (κ2) is 9.56. The molecular formula is C23H29N3O3. The molecule has 2 aromatic rings. The number of methoxy groups -OCH3 is 1. The Morgan fingerprint density at radius 3 is 2.62 bits per heavy atom. The van der Waals surface area contributed by atoms with Crippen molar-refractivity contribution in [2.45, 2.75) is 26.4 Å². The molecule has 1 aliphatic heterocycles. The third-order valence-corrected chi connectivity index (χ3v) is 5.27. The van der Waals surface area contributed by atoms with Crippen LogP contribution in [0, 0.1) is 0 Å². The minimum absolute atomic E-state index is 0.0125. The number of carbonyl (C=O) groups excluding carboxylic acids is 2. The number of carbonyl (C=O) groups is 2. The maximum Gasteiger partial charge on any atom is 0.256 e. The Kier molecular flexibility index (Phi) is 6.88. The van der Waals surface area contributed by atoms with Crippen molar-refractivity contribution in [1.29, 1.82) is 0 Å². The number of hydrogen-bond donors (Lipinski definition) is 1. The Balaban J connectivity index is 1.86. The highest BCUT2D eigenvalue weighted by Crippen LogP contribution is 2.34. The monoisotopic (exact) mass is 395 g/mol. The number of nitrogens with one attached hydrogen (secondary N) is 1. The van der Waals surface area contributed by atoms with Crippen LogP contribution in [-0.4, -0.2) is 55.0 Å². The van der Waals surface area contributed by atoms with Crippen molar-refractivity contribution in [2.24, 2.45) is 0 Å². The van der Waals surface area contributed by atoms with Crippen LogP contribution >= 0.6 is 0 Å². The van der Waals surface area contributed by atoms with E-state index in [1.807, 2.05) is 67.3 Å². The van der Waals surface area contributed by atoms with E-state index in [9.17, 15) is 9.59 Å². The lowest BCUT2D eigenvalue weighted by atomic mass is 10.1. The summed E-state index contributed by atoms with van der Waals surface area (Å²) in [5.41, 5.74) is 3.13. The molecule has 2 aromatic carbocycles. The first-order valence-electron chi connectivity index (χ1n) is 10.1. The Morgan fingerprint density at radius 2 is 1.90 bits per heavy atom. The van der Waals surface area contributed by atoms with Gasteiger partial charge in [-0.05, 0) is 44.5 Å². The number of hydrogen-bond acceptors (Lipinski definition) is 4. The van der Waals surface area contributed by atoms with Gasteiger partial charge < -0.3 is 19.9 Å². The van der Waals surface area contributed by atoms with E-state index in [4.69, 9.17) is 4.74 Å². The Labute approximate surface area is 172 Å². The molecule has 0 aromatic heterocycles. The van der Waals surface area contributed by atoms with Crippen LogP contribution in [0.5, 0.6) is 0 Å². The lowest BCUT2D eigenvalue weighted by molar-refractivity contribution is 0.0720. The van der Waals surface area contributed by atoms with Gasteiger partial charge >= 0.3 is 0 Å². The quantitative estimate of drug-likeness (QED) is 0.657. The minimum atomic E-state index is -0.269. The SMILES string of the molecule is CCN(CC)C(=O)c1cccc(N[C@H]2c3ccccc3C(=O)N2CCCOC)c1. The van der Waals surface area contributed by atoms with Gasteiger partial charge in [-0.3, -0.25) is 9.59 Å². The number of anilines is 1. The second-order valence-corrected chi connectivity index (χ2v) is 7.04. The minimum Gasteiger partial charge on any atom is -0.385 e. The molecule has 0 spiro atoms. The summed E-state index contributed by atoms with van der Waals surface area (Å²) in [5.74, 6) is 0.0306. The van der Waals surface area contributed by atoms with Gasteiger partial charge in [0.15, 0.2) is 0 Å². The average molecular weight is 396 g/mol. The molecule has 2 amide bonds. The van der Waals surface area contributed by atoms with Gasteiger partial charge in [-0.25, -0.2) is 0 Å². The summed E-state index contributed by atoms with van der Waals surface area (Å²) in [6, 6.07) is 15.2. The first kappa shape index (κ1) is 20.9. The van der Waals surface area contributed by atoms with Gasteiger partial charge in [-0.2, -0.15) is 0 Å². The molecule has 0 aliphatic carbocycles. The van der Waals surface area contributed by atoms with Gasteiger partial charge in [0.1, 0.15) is 6.17 Å². The molecule has 0 fully saturated rings. The summed E-state index contributed by atoms with van der Waals surface area (Å²) in [6.45, 7) is 6.48. The number of fused-ring (bicyclic) bond motifs is 1. The maximum atomic E-state index is 12.9. The Hall–Kier alpha value is -2.86. The summed E-state index contributed by atoms with van der Waals surface area (Å²) >= 11 is 0. The van der Waals surface area contributed by atoms with Gasteiger partial charge in [0, 0.05) is 55.7 Å². The molecule has 154 valence electrons. The van der Waals surface area contributed by atoms with E-state index in [1.54, 1.807) is 12.0 Å². The summed E-state index contributed by atoms with van der Waals surface area (Å²) in [5, 5.41) is 3.47. The predicted molar refractivity (Wildman–Crippen MR) is 114 cm³/mol. The van der Waals surface area contributed by atoms with Crippen LogP contribution in [0.1, 0.15) is 52.7 Å². The zero-order valence-corrected chi connectivity index (χ0v) is 17.4. The van der Waals surface area contributed by atoms with Crippen LogP contribution in [0.15, 0.2) is 48.5 Å². The molecule has 1 aliphatic rings. The number of rotatable bonds is 9. The fourth-order valence-electron chi connectivity index (χ4n) is 3.73. The zero-order valence-electron chi connectivity index (χ0n) is 17.4. The molecule has 0 unspecified atom stereocenters. The van der Waals surface area contributed by atoms with E-state index in [0.29, 0.717) is 31.8 Å². The first-order chi connectivity index (χ1) is 14.1. The summed E-state index contributed by atoms with van der Waals surface area (Å²) in [7, 11) is 1.66. The van der Waals surface area contributed by atoms with Crippen molar-refractivity contribution >= 4 is 17.5 Å². The molecule has 6 nitrogen and oxygen atoms in total. The molecule has 0 saturated heterocycles. The van der Waals surface area contributed by atoms with Gasteiger partial charge in [0.2, 0.25) is 0 Å². The summed E-state index contributed by atoms with van der Waals surface area (Å²) < 4.78 is 5.15. The molecule has 1 atom stereocenters. The highest BCUT2D eigenvalue weighted by atomic mass is 16.5. The van der Waals surface area contributed by atoms with Crippen molar-refractivity contribution < 1.29 is 14.3 Å². The summed E-state index contributed by atoms with van der Waals surface area (Å²) in [4.78, 5) is 29.3. The topological polar surface area (TPSA) is 61.9 Å². The zero-order chi connectivity index (χ0) is 20.8. The second-order valence-electron chi connectivity index (χ2n) is 7.04. The van der Waals surface area contributed by atoms with Crippen LogP contribution in [-0.2, 0) is 4.74 Å². The van der Waals surface area contributed by atoms with E-state index >= 15 is 0 Å². The molecule has 29 heavy (non-hydrogen) atoms. The van der Waals surface area contributed by atoms with E-state index in [1.165, 1.54) is 0 Å². The van der Waals surface area contributed by atoms with Gasteiger partial charge in [-0.15, -0.1) is 0 Å². The molecule has 1 N–H and O–H groups in total. The Morgan fingerprint density at radius 1 is 1.14 bits per heavy atom. The molecule has 1 heterocycles. The molecular weight excluding hydrogens is 366 g/mol. The number of benzene rings is 2. The maximum absolute atomic E-state index is 12.9.